The molecule has 1 heterocycles. The minimum absolute atomic E-state index is 0.0530. The van der Waals surface area contributed by atoms with Gasteiger partial charge >= 0.3 is 5.97 Å². The molecule has 1 fully saturated rings. The van der Waals surface area contributed by atoms with Crippen molar-refractivity contribution in [1.29, 1.82) is 0 Å². The monoisotopic (exact) mass is 311 g/mol. The number of benzene rings is 1. The third kappa shape index (κ3) is 3.54. The molecule has 1 aromatic heterocycles. The topological polar surface area (TPSA) is 39.2 Å². The van der Waals surface area contributed by atoms with Crippen LogP contribution in [0.2, 0.25) is 0 Å². The molecule has 0 bridgehead atoms. The molecule has 0 N–H and O–H groups in total. The SMILES string of the molecule is CCOC(=O)CC1(C)CCC(c2ccnc3ccccc23)CC1. The van der Waals surface area contributed by atoms with Gasteiger partial charge in [-0.2, -0.15) is 0 Å². The third-order valence-corrected chi connectivity index (χ3v) is 5.19. The summed E-state index contributed by atoms with van der Waals surface area (Å²) >= 11 is 0. The van der Waals surface area contributed by atoms with Crippen molar-refractivity contribution in [2.24, 2.45) is 5.41 Å². The number of nitrogens with zero attached hydrogens (tertiary/aromatic N) is 1. The number of hydrogen-bond donors (Lipinski definition) is 0. The molecule has 0 radical (unpaired) electrons. The number of aromatic nitrogens is 1. The van der Waals surface area contributed by atoms with Crippen LogP contribution in [0.15, 0.2) is 36.5 Å². The van der Waals surface area contributed by atoms with Crippen LogP contribution in [0.5, 0.6) is 0 Å². The molecule has 3 heteroatoms. The number of carbonyl (C=O) groups excluding carboxylic acids is 1. The zero-order chi connectivity index (χ0) is 16.3. The molecule has 0 atom stereocenters. The molecule has 3 nitrogen and oxygen atoms in total. The van der Waals surface area contributed by atoms with Crippen LogP contribution >= 0.6 is 0 Å². The Hall–Kier alpha value is -1.90. The molecule has 0 saturated heterocycles. The van der Waals surface area contributed by atoms with Gasteiger partial charge in [-0.25, -0.2) is 0 Å². The number of para-hydroxylation sites is 1. The van der Waals surface area contributed by atoms with E-state index in [2.05, 4.69) is 36.2 Å². The fraction of sp³-hybridized carbons (Fsp3) is 0.500. The molecule has 2 aromatic rings. The van der Waals surface area contributed by atoms with Crippen molar-refractivity contribution in [2.75, 3.05) is 6.61 Å². The highest BCUT2D eigenvalue weighted by atomic mass is 16.5. The van der Waals surface area contributed by atoms with E-state index in [9.17, 15) is 4.79 Å². The lowest BCUT2D eigenvalue weighted by atomic mass is 9.68. The Kier molecular flexibility index (Phi) is 4.65. The molecule has 23 heavy (non-hydrogen) atoms. The van der Waals surface area contributed by atoms with Crippen LogP contribution in [0.3, 0.4) is 0 Å². The van der Waals surface area contributed by atoms with E-state index in [-0.39, 0.29) is 11.4 Å². The zero-order valence-electron chi connectivity index (χ0n) is 14.0. The first-order valence-electron chi connectivity index (χ1n) is 8.60. The molecule has 3 rings (SSSR count). The number of ether oxygens (including phenoxy) is 1. The molecule has 0 aliphatic heterocycles. The lowest BCUT2D eigenvalue weighted by Crippen LogP contribution is -2.27. The fourth-order valence-electron chi connectivity index (χ4n) is 3.84. The van der Waals surface area contributed by atoms with E-state index in [1.807, 2.05) is 19.2 Å². The first-order chi connectivity index (χ1) is 11.1. The third-order valence-electron chi connectivity index (χ3n) is 5.19. The van der Waals surface area contributed by atoms with Crippen molar-refractivity contribution in [3.63, 3.8) is 0 Å². The van der Waals surface area contributed by atoms with E-state index in [0.29, 0.717) is 18.9 Å². The highest BCUT2D eigenvalue weighted by molar-refractivity contribution is 5.82. The van der Waals surface area contributed by atoms with E-state index >= 15 is 0 Å². The van der Waals surface area contributed by atoms with Crippen molar-refractivity contribution < 1.29 is 9.53 Å². The van der Waals surface area contributed by atoms with Gasteiger partial charge in [-0.05, 0) is 61.6 Å². The average Bonchev–Trinajstić information content (AvgIpc) is 2.55. The Morgan fingerprint density at radius 3 is 2.74 bits per heavy atom. The summed E-state index contributed by atoms with van der Waals surface area (Å²) < 4.78 is 5.13. The first kappa shape index (κ1) is 16.0. The van der Waals surface area contributed by atoms with E-state index in [1.54, 1.807) is 0 Å². The van der Waals surface area contributed by atoms with Crippen molar-refractivity contribution >= 4 is 16.9 Å². The summed E-state index contributed by atoms with van der Waals surface area (Å²) in [7, 11) is 0. The lowest BCUT2D eigenvalue weighted by Gasteiger charge is -2.37. The summed E-state index contributed by atoms with van der Waals surface area (Å²) in [6.45, 7) is 4.57. The molecule has 1 aliphatic carbocycles. The van der Waals surface area contributed by atoms with Crippen molar-refractivity contribution in [2.45, 2.75) is 51.9 Å². The van der Waals surface area contributed by atoms with Gasteiger partial charge in [0.2, 0.25) is 0 Å². The predicted molar refractivity (Wildman–Crippen MR) is 92.3 cm³/mol. The van der Waals surface area contributed by atoms with Crippen molar-refractivity contribution in [1.82, 2.24) is 4.98 Å². The van der Waals surface area contributed by atoms with E-state index in [1.165, 1.54) is 10.9 Å². The maximum atomic E-state index is 11.8. The van der Waals surface area contributed by atoms with Crippen LogP contribution in [-0.4, -0.2) is 17.6 Å². The average molecular weight is 311 g/mol. The van der Waals surface area contributed by atoms with Gasteiger partial charge in [0.25, 0.3) is 0 Å². The standard InChI is InChI=1S/C20H25NO2/c1-3-23-19(22)14-20(2)11-8-15(9-12-20)16-10-13-21-18-7-5-4-6-17(16)18/h4-7,10,13,15H,3,8-9,11-12,14H2,1-2H3. The molecular weight excluding hydrogens is 286 g/mol. The van der Waals surface area contributed by atoms with Gasteiger partial charge in [-0.3, -0.25) is 9.78 Å². The molecule has 0 amide bonds. The summed E-state index contributed by atoms with van der Waals surface area (Å²) in [6.07, 6.45) is 6.88. The maximum Gasteiger partial charge on any atom is 0.306 e. The number of rotatable bonds is 4. The van der Waals surface area contributed by atoms with Gasteiger partial charge in [0.1, 0.15) is 0 Å². The van der Waals surface area contributed by atoms with E-state index < -0.39 is 0 Å². The quantitative estimate of drug-likeness (QED) is 0.758. The molecule has 1 saturated carbocycles. The normalized spacial score (nSPS) is 24.5. The zero-order valence-corrected chi connectivity index (χ0v) is 14.0. The van der Waals surface area contributed by atoms with Crippen molar-refractivity contribution in [3.8, 4) is 0 Å². The van der Waals surface area contributed by atoms with E-state index in [0.717, 1.165) is 31.2 Å². The Morgan fingerprint density at radius 1 is 1.26 bits per heavy atom. The second kappa shape index (κ2) is 6.69. The Morgan fingerprint density at radius 2 is 2.00 bits per heavy atom. The van der Waals surface area contributed by atoms with Crippen molar-refractivity contribution in [3.05, 3.63) is 42.1 Å². The summed E-state index contributed by atoms with van der Waals surface area (Å²) in [6, 6.07) is 10.5. The minimum atomic E-state index is -0.0530. The largest absolute Gasteiger partial charge is 0.466 e. The van der Waals surface area contributed by atoms with Crippen LogP contribution in [-0.2, 0) is 9.53 Å². The van der Waals surface area contributed by atoms with Gasteiger partial charge < -0.3 is 4.74 Å². The molecule has 1 aliphatic rings. The highest BCUT2D eigenvalue weighted by Crippen LogP contribution is 2.46. The predicted octanol–water partition coefficient (Wildman–Crippen LogP) is 4.85. The number of fused-ring (bicyclic) bond motifs is 1. The van der Waals surface area contributed by atoms with Gasteiger partial charge in [0.05, 0.1) is 18.5 Å². The van der Waals surface area contributed by atoms with Gasteiger partial charge in [0, 0.05) is 11.6 Å². The summed E-state index contributed by atoms with van der Waals surface area (Å²) in [5.74, 6) is 0.515. The maximum absolute atomic E-state index is 11.8. The van der Waals surface area contributed by atoms with Crippen LogP contribution in [0.25, 0.3) is 10.9 Å². The summed E-state index contributed by atoms with van der Waals surface area (Å²) in [5.41, 5.74) is 2.57. The number of esters is 1. The highest BCUT2D eigenvalue weighted by Gasteiger charge is 2.34. The molecule has 1 aromatic carbocycles. The van der Waals surface area contributed by atoms with Crippen LogP contribution in [0.4, 0.5) is 0 Å². The summed E-state index contributed by atoms with van der Waals surface area (Å²) in [4.78, 5) is 16.3. The van der Waals surface area contributed by atoms with Gasteiger partial charge in [0.15, 0.2) is 0 Å². The van der Waals surface area contributed by atoms with E-state index in [4.69, 9.17) is 4.74 Å². The first-order valence-corrected chi connectivity index (χ1v) is 8.60. The smallest absolute Gasteiger partial charge is 0.306 e. The number of carbonyl (C=O) groups is 1. The van der Waals surface area contributed by atoms with Gasteiger partial charge in [-0.1, -0.05) is 25.1 Å². The minimum Gasteiger partial charge on any atom is -0.466 e. The Balaban J connectivity index is 1.72. The Labute approximate surface area is 138 Å². The van der Waals surface area contributed by atoms with Crippen LogP contribution in [0.1, 0.15) is 57.4 Å². The van der Waals surface area contributed by atoms with Gasteiger partial charge in [-0.15, -0.1) is 0 Å². The molecular formula is C20H25NO2. The lowest BCUT2D eigenvalue weighted by molar-refractivity contribution is -0.146. The molecule has 0 unspecified atom stereocenters. The Bertz CT molecular complexity index is 682. The summed E-state index contributed by atoms with van der Waals surface area (Å²) in [5, 5.41) is 1.27. The number of hydrogen-bond acceptors (Lipinski definition) is 3. The molecule has 122 valence electrons. The van der Waals surface area contributed by atoms with Crippen LogP contribution in [0, 0.1) is 5.41 Å². The second-order valence-corrected chi connectivity index (χ2v) is 6.98. The number of pyridine rings is 1. The van der Waals surface area contributed by atoms with Crippen LogP contribution < -0.4 is 0 Å². The second-order valence-electron chi connectivity index (χ2n) is 6.98. The molecule has 0 spiro atoms. The fourth-order valence-corrected chi connectivity index (χ4v) is 3.84.